The highest BCUT2D eigenvalue weighted by Gasteiger charge is 2.74. The molecule has 3 amide bonds. The zero-order chi connectivity index (χ0) is 29.1. The fourth-order valence-corrected chi connectivity index (χ4v) is 9.39. The second-order valence-electron chi connectivity index (χ2n) is 12.0. The van der Waals surface area contributed by atoms with Crippen LogP contribution in [0.2, 0.25) is 0 Å². The molecule has 0 aromatic heterocycles. The number of amides is 3. The summed E-state index contributed by atoms with van der Waals surface area (Å²) in [6.07, 6.45) is 8.13. The van der Waals surface area contributed by atoms with Gasteiger partial charge in [0.05, 0.1) is 29.2 Å². The number of rotatable bonds is 5. The molecule has 6 rings (SSSR count). The molecule has 2 aromatic carbocycles. The van der Waals surface area contributed by atoms with Gasteiger partial charge in [-0.05, 0) is 50.5 Å². The van der Waals surface area contributed by atoms with Gasteiger partial charge in [0, 0.05) is 30.1 Å². The second kappa shape index (κ2) is 10.2. The average molecular weight is 572 g/mol. The first-order chi connectivity index (χ1) is 19.6. The van der Waals surface area contributed by atoms with E-state index in [2.05, 4.69) is 6.08 Å². The molecule has 0 radical (unpaired) electrons. The van der Waals surface area contributed by atoms with E-state index in [1.54, 1.807) is 28.5 Å². The maximum Gasteiger partial charge on any atom is 0.251 e. The molecular weight excluding hydrogens is 534 g/mol. The second-order valence-corrected chi connectivity index (χ2v) is 13.8. The summed E-state index contributed by atoms with van der Waals surface area (Å²) in [5, 5.41) is 10.2. The number of likely N-dealkylation sites (tertiary alicyclic amines) is 1. The molecule has 4 aliphatic heterocycles. The van der Waals surface area contributed by atoms with Gasteiger partial charge < -0.3 is 19.8 Å². The van der Waals surface area contributed by atoms with Crippen molar-refractivity contribution in [3.8, 4) is 0 Å². The van der Waals surface area contributed by atoms with E-state index in [9.17, 15) is 19.5 Å². The lowest BCUT2D eigenvalue weighted by molar-refractivity contribution is -0.145. The Balaban J connectivity index is 1.46. The molecule has 1 unspecified atom stereocenters. The maximum absolute atomic E-state index is 14.7. The molecule has 1 spiro atoms. The Morgan fingerprint density at radius 3 is 2.41 bits per heavy atom. The number of hydrogen-bond donors (Lipinski definition) is 1. The Bertz CT molecular complexity index is 1460. The van der Waals surface area contributed by atoms with Gasteiger partial charge in [-0.25, -0.2) is 0 Å². The number of aliphatic hydroxyl groups is 1. The van der Waals surface area contributed by atoms with Crippen LogP contribution < -0.4 is 4.90 Å². The molecule has 0 aliphatic carbocycles. The Kier molecular flexibility index (Phi) is 6.90. The number of carbonyl (C=O) groups is 3. The molecule has 1 N–H and O–H groups in total. The van der Waals surface area contributed by atoms with Gasteiger partial charge in [0.2, 0.25) is 11.8 Å². The smallest absolute Gasteiger partial charge is 0.251 e. The van der Waals surface area contributed by atoms with E-state index in [-0.39, 0.29) is 24.3 Å². The molecule has 4 aliphatic rings. The molecule has 6 atom stereocenters. The average Bonchev–Trinajstić information content (AvgIpc) is 3.24. The van der Waals surface area contributed by atoms with Crippen LogP contribution in [0.5, 0.6) is 0 Å². The van der Waals surface area contributed by atoms with E-state index >= 15 is 0 Å². The molecule has 4 heterocycles. The van der Waals surface area contributed by atoms with Crippen LogP contribution in [0.3, 0.4) is 0 Å². The van der Waals surface area contributed by atoms with Gasteiger partial charge in [-0.15, -0.1) is 11.8 Å². The topological polar surface area (TPSA) is 81.2 Å². The van der Waals surface area contributed by atoms with E-state index in [0.717, 1.165) is 22.4 Å². The van der Waals surface area contributed by atoms with Crippen LogP contribution in [-0.4, -0.2) is 73.9 Å². The van der Waals surface area contributed by atoms with E-state index in [4.69, 9.17) is 0 Å². The Morgan fingerprint density at radius 1 is 0.951 bits per heavy atom. The highest BCUT2D eigenvalue weighted by Crippen LogP contribution is 2.66. The van der Waals surface area contributed by atoms with Gasteiger partial charge >= 0.3 is 0 Å². The third kappa shape index (κ3) is 4.26. The number of anilines is 1. The monoisotopic (exact) mass is 571 g/mol. The summed E-state index contributed by atoms with van der Waals surface area (Å²) in [4.78, 5) is 48.7. The summed E-state index contributed by atoms with van der Waals surface area (Å²) in [5.74, 6) is -1.86. The minimum Gasteiger partial charge on any atom is -0.394 e. The number of carbonyl (C=O) groups excluding carboxylic acids is 3. The number of aliphatic hydroxyl groups excluding tert-OH is 1. The first kappa shape index (κ1) is 27.8. The molecule has 214 valence electrons. The number of hydrogen-bond acceptors (Lipinski definition) is 5. The van der Waals surface area contributed by atoms with Crippen molar-refractivity contribution in [2.75, 3.05) is 24.6 Å². The lowest BCUT2D eigenvalue weighted by Gasteiger charge is -2.39. The first-order valence-corrected chi connectivity index (χ1v) is 15.1. The third-order valence-corrected chi connectivity index (χ3v) is 11.0. The van der Waals surface area contributed by atoms with Crippen LogP contribution >= 0.6 is 11.8 Å². The van der Waals surface area contributed by atoms with Crippen molar-refractivity contribution in [3.05, 3.63) is 89.5 Å². The third-order valence-electron chi connectivity index (χ3n) is 9.19. The van der Waals surface area contributed by atoms with Crippen LogP contribution in [0.4, 0.5) is 5.69 Å². The van der Waals surface area contributed by atoms with Gasteiger partial charge in [0.25, 0.3) is 5.91 Å². The number of thioether (sulfide) groups is 1. The molecule has 2 aromatic rings. The number of aryl methyl sites for hydroxylation is 2. The summed E-state index contributed by atoms with van der Waals surface area (Å²) in [6, 6.07) is 14.5. The number of nitrogens with zero attached hydrogens (tertiary/aromatic N) is 3. The minimum atomic E-state index is -0.945. The van der Waals surface area contributed by atoms with E-state index in [1.807, 2.05) is 92.4 Å². The molecule has 0 bridgehead atoms. The van der Waals surface area contributed by atoms with Crippen molar-refractivity contribution in [1.29, 1.82) is 0 Å². The summed E-state index contributed by atoms with van der Waals surface area (Å²) < 4.78 is -1.62. The highest BCUT2D eigenvalue weighted by atomic mass is 32.2. The van der Waals surface area contributed by atoms with Crippen molar-refractivity contribution in [2.24, 2.45) is 11.8 Å². The van der Waals surface area contributed by atoms with Crippen molar-refractivity contribution in [2.45, 2.75) is 55.8 Å². The first-order valence-electron chi connectivity index (χ1n) is 14.3. The maximum atomic E-state index is 14.7. The molecule has 2 saturated heterocycles. The Morgan fingerprint density at radius 2 is 1.68 bits per heavy atom. The molecule has 0 saturated carbocycles. The standard InChI is InChI=1S/C33H37N3O4S/c1-21-12-13-22(2)25(18-21)35-17-9-15-33-27(30(39)36(23(3)20-37)28(33)31(35)40)26-29(38)34(16-8-14-32(26,4)41-33)19-24-10-6-5-7-11-24/h5-15,18,23,26-28,37H,16-17,19-20H2,1-4H3/t23-,26+,27+,28?,32-,33+/m1/s1. The van der Waals surface area contributed by atoms with Crippen LogP contribution in [-0.2, 0) is 20.9 Å². The lowest BCUT2D eigenvalue weighted by atomic mass is 9.74. The lowest BCUT2D eigenvalue weighted by Crippen LogP contribution is -2.56. The van der Waals surface area contributed by atoms with Crippen LogP contribution in [0.15, 0.2) is 72.8 Å². The minimum absolute atomic E-state index is 0.0715. The SMILES string of the molecule is Cc1ccc(C)c(N2CC=C[C@]34S[C@]5(C)C=CCN(Cc6ccccc6)C(=O)[C@@H]5[C@H]3C(=O)N([C@H](C)CO)C4C2=O)c1. The van der Waals surface area contributed by atoms with E-state index in [1.165, 1.54) is 0 Å². The fourth-order valence-electron chi connectivity index (χ4n) is 7.25. The van der Waals surface area contributed by atoms with Crippen LogP contribution in [0.25, 0.3) is 0 Å². The molecule has 7 nitrogen and oxygen atoms in total. The molecule has 41 heavy (non-hydrogen) atoms. The quantitative estimate of drug-likeness (QED) is 0.551. The Labute approximate surface area is 245 Å². The van der Waals surface area contributed by atoms with Crippen LogP contribution in [0, 0.1) is 25.7 Å². The summed E-state index contributed by atoms with van der Waals surface area (Å²) >= 11 is 1.57. The van der Waals surface area contributed by atoms with Crippen molar-refractivity contribution in [1.82, 2.24) is 9.80 Å². The van der Waals surface area contributed by atoms with Gasteiger partial charge in [-0.2, -0.15) is 0 Å². The predicted molar refractivity (Wildman–Crippen MR) is 161 cm³/mol. The molecule has 2 fully saturated rings. The summed E-state index contributed by atoms with van der Waals surface area (Å²) in [7, 11) is 0. The van der Waals surface area contributed by atoms with Gasteiger partial charge in [-0.3, -0.25) is 14.4 Å². The molecule has 8 heteroatoms. The number of fused-ring (bicyclic) bond motifs is 2. The Hall–Kier alpha value is -3.36. The van der Waals surface area contributed by atoms with Crippen molar-refractivity contribution in [3.63, 3.8) is 0 Å². The van der Waals surface area contributed by atoms with Gasteiger partial charge in [-0.1, -0.05) is 66.8 Å². The molecular formula is C33H37N3O4S. The van der Waals surface area contributed by atoms with Crippen molar-refractivity contribution < 1.29 is 19.5 Å². The highest BCUT2D eigenvalue weighted by molar-refractivity contribution is 8.02. The summed E-state index contributed by atoms with van der Waals surface area (Å²) in [6.45, 7) is 8.80. The fraction of sp³-hybridized carbons (Fsp3) is 0.424. The van der Waals surface area contributed by atoms with Gasteiger partial charge in [0.15, 0.2) is 0 Å². The van der Waals surface area contributed by atoms with Crippen LogP contribution in [0.1, 0.15) is 30.5 Å². The summed E-state index contributed by atoms with van der Waals surface area (Å²) in [5.41, 5.74) is 3.86. The van der Waals surface area contributed by atoms with Gasteiger partial charge in [0.1, 0.15) is 6.04 Å². The predicted octanol–water partition coefficient (Wildman–Crippen LogP) is 3.87. The van der Waals surface area contributed by atoms with E-state index in [0.29, 0.717) is 19.6 Å². The number of benzene rings is 2. The van der Waals surface area contributed by atoms with E-state index < -0.39 is 33.4 Å². The van der Waals surface area contributed by atoms with Crippen molar-refractivity contribution >= 4 is 35.2 Å². The largest absolute Gasteiger partial charge is 0.394 e. The zero-order valence-electron chi connectivity index (χ0n) is 24.0. The normalized spacial score (nSPS) is 31.6. The zero-order valence-corrected chi connectivity index (χ0v) is 24.8.